The second kappa shape index (κ2) is 5.98. The predicted octanol–water partition coefficient (Wildman–Crippen LogP) is 1.40. The van der Waals surface area contributed by atoms with Gasteiger partial charge in [0.1, 0.15) is 0 Å². The molecule has 0 unspecified atom stereocenters. The van der Waals surface area contributed by atoms with Crippen LogP contribution in [0, 0.1) is 0 Å². The highest BCUT2D eigenvalue weighted by molar-refractivity contribution is 5.92. The van der Waals surface area contributed by atoms with Gasteiger partial charge >= 0.3 is 0 Å². The molecule has 0 aromatic heterocycles. The molecule has 1 aromatic carbocycles. The molecule has 4 heteroatoms. The van der Waals surface area contributed by atoms with Gasteiger partial charge in [0, 0.05) is 25.2 Å². The van der Waals surface area contributed by atoms with E-state index in [1.54, 1.807) is 12.1 Å². The van der Waals surface area contributed by atoms with Gasteiger partial charge in [-0.1, -0.05) is 19.1 Å². The van der Waals surface area contributed by atoms with Crippen molar-refractivity contribution in [3.8, 4) is 0 Å². The normalized spacial score (nSPS) is 20.8. The summed E-state index contributed by atoms with van der Waals surface area (Å²) in [5.74, 6) is -0.376. The number of benzene rings is 1. The van der Waals surface area contributed by atoms with Crippen LogP contribution in [0.4, 0.5) is 0 Å². The first-order valence-corrected chi connectivity index (χ1v) is 6.41. The van der Waals surface area contributed by atoms with Crippen molar-refractivity contribution in [2.45, 2.75) is 26.0 Å². The van der Waals surface area contributed by atoms with E-state index in [1.165, 1.54) is 5.56 Å². The standard InChI is InChI=1S/C14H20N2O2/c1-2-13-10-16(7-8-18-13)9-11-3-5-12(6-4-11)14(15)17/h3-6,13H,2,7-10H2,1H3,(H2,15,17)/t13-/m1/s1. The van der Waals surface area contributed by atoms with Gasteiger partial charge in [0.2, 0.25) is 5.91 Å². The predicted molar refractivity (Wildman–Crippen MR) is 70.3 cm³/mol. The van der Waals surface area contributed by atoms with Crippen molar-refractivity contribution < 1.29 is 9.53 Å². The largest absolute Gasteiger partial charge is 0.376 e. The molecule has 1 fully saturated rings. The van der Waals surface area contributed by atoms with Crippen LogP contribution in [0.2, 0.25) is 0 Å². The molecule has 1 amide bonds. The first kappa shape index (κ1) is 13.1. The Kier molecular flexibility index (Phi) is 4.33. The molecule has 2 N–H and O–H groups in total. The average Bonchev–Trinajstić information content (AvgIpc) is 2.39. The quantitative estimate of drug-likeness (QED) is 0.876. The number of morpholine rings is 1. The zero-order valence-electron chi connectivity index (χ0n) is 10.8. The Balaban J connectivity index is 1.94. The fourth-order valence-corrected chi connectivity index (χ4v) is 2.20. The number of amides is 1. The summed E-state index contributed by atoms with van der Waals surface area (Å²) < 4.78 is 5.64. The number of primary amides is 1. The first-order chi connectivity index (χ1) is 8.69. The third-order valence-corrected chi connectivity index (χ3v) is 3.32. The summed E-state index contributed by atoms with van der Waals surface area (Å²) in [6.45, 7) is 5.80. The van der Waals surface area contributed by atoms with E-state index in [0.29, 0.717) is 11.7 Å². The van der Waals surface area contributed by atoms with E-state index >= 15 is 0 Å². The fourth-order valence-electron chi connectivity index (χ4n) is 2.20. The van der Waals surface area contributed by atoms with Crippen LogP contribution >= 0.6 is 0 Å². The van der Waals surface area contributed by atoms with Crippen molar-refractivity contribution in [1.82, 2.24) is 4.90 Å². The highest BCUT2D eigenvalue weighted by atomic mass is 16.5. The molecular formula is C14H20N2O2. The fraction of sp³-hybridized carbons (Fsp3) is 0.500. The van der Waals surface area contributed by atoms with Crippen LogP contribution in [0.15, 0.2) is 24.3 Å². The lowest BCUT2D eigenvalue weighted by atomic mass is 10.1. The Hall–Kier alpha value is -1.39. The summed E-state index contributed by atoms with van der Waals surface area (Å²) in [6, 6.07) is 7.51. The second-order valence-electron chi connectivity index (χ2n) is 4.70. The molecule has 1 aromatic rings. The Morgan fingerprint density at radius 3 is 2.78 bits per heavy atom. The van der Waals surface area contributed by atoms with Crippen molar-refractivity contribution in [2.75, 3.05) is 19.7 Å². The molecule has 98 valence electrons. The van der Waals surface area contributed by atoms with Crippen molar-refractivity contribution >= 4 is 5.91 Å². The van der Waals surface area contributed by atoms with Gasteiger partial charge in [0.15, 0.2) is 0 Å². The van der Waals surface area contributed by atoms with Crippen molar-refractivity contribution in [1.29, 1.82) is 0 Å². The summed E-state index contributed by atoms with van der Waals surface area (Å²) in [6.07, 6.45) is 1.40. The summed E-state index contributed by atoms with van der Waals surface area (Å²) in [5.41, 5.74) is 6.99. The molecule has 1 saturated heterocycles. The Morgan fingerprint density at radius 1 is 1.44 bits per heavy atom. The van der Waals surface area contributed by atoms with E-state index in [9.17, 15) is 4.79 Å². The Labute approximate surface area is 108 Å². The third kappa shape index (κ3) is 3.31. The minimum atomic E-state index is -0.376. The number of hydrogen-bond donors (Lipinski definition) is 1. The molecular weight excluding hydrogens is 228 g/mol. The topological polar surface area (TPSA) is 55.6 Å². The number of carbonyl (C=O) groups is 1. The Morgan fingerprint density at radius 2 is 2.17 bits per heavy atom. The van der Waals surface area contributed by atoms with E-state index in [1.807, 2.05) is 12.1 Å². The van der Waals surface area contributed by atoms with Gasteiger partial charge in [0.05, 0.1) is 12.7 Å². The lowest BCUT2D eigenvalue weighted by Gasteiger charge is -2.32. The monoisotopic (exact) mass is 248 g/mol. The van der Waals surface area contributed by atoms with Crippen molar-refractivity contribution in [2.24, 2.45) is 5.73 Å². The maximum Gasteiger partial charge on any atom is 0.248 e. The summed E-state index contributed by atoms with van der Waals surface area (Å²) in [5, 5.41) is 0. The SMILES string of the molecule is CC[C@@H]1CN(Cc2ccc(C(N)=O)cc2)CCO1. The maximum absolute atomic E-state index is 11.0. The van der Waals surface area contributed by atoms with Gasteiger partial charge in [-0.15, -0.1) is 0 Å². The van der Waals surface area contributed by atoms with Gasteiger partial charge in [-0.2, -0.15) is 0 Å². The van der Waals surface area contributed by atoms with Crippen LogP contribution in [0.5, 0.6) is 0 Å². The molecule has 2 rings (SSSR count). The molecule has 0 bridgehead atoms. The third-order valence-electron chi connectivity index (χ3n) is 3.32. The minimum Gasteiger partial charge on any atom is -0.376 e. The van der Waals surface area contributed by atoms with E-state index in [2.05, 4.69) is 11.8 Å². The summed E-state index contributed by atoms with van der Waals surface area (Å²) in [7, 11) is 0. The van der Waals surface area contributed by atoms with Crippen molar-refractivity contribution in [3.05, 3.63) is 35.4 Å². The molecule has 4 nitrogen and oxygen atoms in total. The number of rotatable bonds is 4. The van der Waals surface area contributed by atoms with E-state index < -0.39 is 0 Å². The van der Waals surface area contributed by atoms with E-state index in [4.69, 9.17) is 10.5 Å². The highest BCUT2D eigenvalue weighted by Gasteiger charge is 2.18. The van der Waals surface area contributed by atoms with Gasteiger partial charge in [-0.25, -0.2) is 0 Å². The summed E-state index contributed by atoms with van der Waals surface area (Å²) >= 11 is 0. The minimum absolute atomic E-state index is 0.351. The van der Waals surface area contributed by atoms with Gasteiger partial charge < -0.3 is 10.5 Å². The molecule has 1 aliphatic rings. The number of nitrogens with zero attached hydrogens (tertiary/aromatic N) is 1. The second-order valence-corrected chi connectivity index (χ2v) is 4.70. The van der Waals surface area contributed by atoms with Crippen LogP contribution in [-0.4, -0.2) is 36.6 Å². The number of ether oxygens (including phenoxy) is 1. The van der Waals surface area contributed by atoms with Crippen LogP contribution in [0.25, 0.3) is 0 Å². The molecule has 18 heavy (non-hydrogen) atoms. The van der Waals surface area contributed by atoms with Crippen LogP contribution in [-0.2, 0) is 11.3 Å². The van der Waals surface area contributed by atoms with Gasteiger partial charge in [0.25, 0.3) is 0 Å². The molecule has 0 aliphatic carbocycles. The highest BCUT2D eigenvalue weighted by Crippen LogP contribution is 2.13. The molecule has 1 heterocycles. The Bertz CT molecular complexity index is 403. The first-order valence-electron chi connectivity index (χ1n) is 6.41. The van der Waals surface area contributed by atoms with Crippen LogP contribution in [0.1, 0.15) is 29.3 Å². The summed E-state index contributed by atoms with van der Waals surface area (Å²) in [4.78, 5) is 13.4. The van der Waals surface area contributed by atoms with Gasteiger partial charge in [-0.05, 0) is 24.1 Å². The maximum atomic E-state index is 11.0. The lowest BCUT2D eigenvalue weighted by molar-refractivity contribution is -0.0324. The number of nitrogens with two attached hydrogens (primary N) is 1. The van der Waals surface area contributed by atoms with Crippen LogP contribution < -0.4 is 5.73 Å². The zero-order chi connectivity index (χ0) is 13.0. The molecule has 0 radical (unpaired) electrons. The zero-order valence-corrected chi connectivity index (χ0v) is 10.8. The van der Waals surface area contributed by atoms with Gasteiger partial charge in [-0.3, -0.25) is 9.69 Å². The molecule has 1 aliphatic heterocycles. The van der Waals surface area contributed by atoms with Crippen molar-refractivity contribution in [3.63, 3.8) is 0 Å². The number of carbonyl (C=O) groups excluding carboxylic acids is 1. The molecule has 0 saturated carbocycles. The van der Waals surface area contributed by atoms with E-state index in [-0.39, 0.29) is 5.91 Å². The molecule has 0 spiro atoms. The van der Waals surface area contributed by atoms with Crippen LogP contribution in [0.3, 0.4) is 0 Å². The molecule has 1 atom stereocenters. The lowest BCUT2D eigenvalue weighted by Crippen LogP contribution is -2.41. The average molecular weight is 248 g/mol. The van der Waals surface area contributed by atoms with E-state index in [0.717, 1.165) is 32.7 Å². The smallest absolute Gasteiger partial charge is 0.248 e. The number of hydrogen-bond acceptors (Lipinski definition) is 3.